The molecule has 1 aromatic carbocycles. The molecule has 1 aliphatic rings. The van der Waals surface area contributed by atoms with Crippen molar-refractivity contribution in [1.29, 1.82) is 0 Å². The van der Waals surface area contributed by atoms with Crippen molar-refractivity contribution in [2.75, 3.05) is 6.61 Å². The summed E-state index contributed by atoms with van der Waals surface area (Å²) in [6.45, 7) is 1.45. The van der Waals surface area contributed by atoms with Gasteiger partial charge in [-0.25, -0.2) is 4.98 Å². The van der Waals surface area contributed by atoms with Crippen LogP contribution in [-0.2, 0) is 17.7 Å². The third-order valence-corrected chi connectivity index (χ3v) is 4.63. The van der Waals surface area contributed by atoms with E-state index in [9.17, 15) is 0 Å². The first-order chi connectivity index (χ1) is 12.9. The van der Waals surface area contributed by atoms with Crippen molar-refractivity contribution in [2.45, 2.75) is 31.9 Å². The fraction of sp³-hybridized carbons (Fsp3) is 0.316. The van der Waals surface area contributed by atoms with Crippen LogP contribution in [0.4, 0.5) is 0 Å². The quantitative estimate of drug-likeness (QED) is 0.545. The van der Waals surface area contributed by atoms with Crippen molar-refractivity contribution in [3.63, 3.8) is 0 Å². The highest BCUT2D eigenvalue weighted by atomic mass is 16.5. The number of nitrogens with zero attached hydrogens (tertiary/aromatic N) is 4. The first-order valence-electron chi connectivity index (χ1n) is 8.81. The zero-order valence-corrected chi connectivity index (χ0v) is 14.2. The van der Waals surface area contributed by atoms with E-state index in [4.69, 9.17) is 13.7 Å². The highest BCUT2D eigenvalue weighted by Crippen LogP contribution is 2.28. The summed E-state index contributed by atoms with van der Waals surface area (Å²) in [6.07, 6.45) is 6.30. The van der Waals surface area contributed by atoms with E-state index in [1.807, 2.05) is 41.1 Å². The Labute approximate surface area is 149 Å². The van der Waals surface area contributed by atoms with Crippen LogP contribution in [-0.4, -0.2) is 26.3 Å². The lowest BCUT2D eigenvalue weighted by Crippen LogP contribution is -2.04. The molecule has 3 aromatic heterocycles. The smallest absolute Gasteiger partial charge is 0.255 e. The molecule has 0 spiro atoms. The normalized spacial score (nSPS) is 17.3. The van der Waals surface area contributed by atoms with Crippen molar-refractivity contribution in [2.24, 2.45) is 0 Å². The Kier molecular flexibility index (Phi) is 3.79. The third kappa shape index (κ3) is 2.80. The van der Waals surface area contributed by atoms with Crippen molar-refractivity contribution in [1.82, 2.24) is 19.7 Å². The van der Waals surface area contributed by atoms with Crippen LogP contribution in [0, 0.1) is 0 Å². The van der Waals surface area contributed by atoms with E-state index in [-0.39, 0.29) is 6.10 Å². The largest absolute Gasteiger partial charge is 0.453 e. The number of hydrogen-bond donors (Lipinski definition) is 0. The van der Waals surface area contributed by atoms with Crippen LogP contribution in [0.5, 0.6) is 0 Å². The van der Waals surface area contributed by atoms with Gasteiger partial charge in [-0.05, 0) is 25.0 Å². The molecule has 1 saturated heterocycles. The van der Waals surface area contributed by atoms with Crippen LogP contribution >= 0.6 is 0 Å². The van der Waals surface area contributed by atoms with E-state index in [0.29, 0.717) is 24.7 Å². The minimum absolute atomic E-state index is 0.0457. The highest BCUT2D eigenvalue weighted by Gasteiger charge is 2.23. The molecule has 0 unspecified atom stereocenters. The molecule has 4 aromatic rings. The van der Waals surface area contributed by atoms with Gasteiger partial charge in [-0.3, -0.25) is 0 Å². The average Bonchev–Trinajstić information content (AvgIpc) is 3.46. The summed E-state index contributed by atoms with van der Waals surface area (Å²) >= 11 is 0. The number of furan rings is 1. The second kappa shape index (κ2) is 6.42. The van der Waals surface area contributed by atoms with Crippen LogP contribution in [0.15, 0.2) is 51.7 Å². The van der Waals surface area contributed by atoms with Crippen LogP contribution in [0.2, 0.25) is 0 Å². The van der Waals surface area contributed by atoms with Gasteiger partial charge in [0.2, 0.25) is 0 Å². The SMILES string of the molecule is c1ccc2oc(-c3nccn3CCc3noc([C@H]4CCCO4)n3)cc2c1. The average molecular weight is 350 g/mol. The van der Waals surface area contributed by atoms with E-state index < -0.39 is 0 Å². The second-order valence-corrected chi connectivity index (χ2v) is 6.39. The minimum atomic E-state index is -0.0457. The number of hydrogen-bond acceptors (Lipinski definition) is 6. The molecule has 7 nitrogen and oxygen atoms in total. The lowest BCUT2D eigenvalue weighted by atomic mass is 10.2. The van der Waals surface area contributed by atoms with Gasteiger partial charge in [0.15, 0.2) is 17.4 Å². The molecule has 1 fully saturated rings. The number of rotatable bonds is 5. The van der Waals surface area contributed by atoms with E-state index in [2.05, 4.69) is 15.1 Å². The fourth-order valence-electron chi connectivity index (χ4n) is 3.30. The lowest BCUT2D eigenvalue weighted by molar-refractivity contribution is 0.0835. The van der Waals surface area contributed by atoms with Gasteiger partial charge < -0.3 is 18.2 Å². The summed E-state index contributed by atoms with van der Waals surface area (Å²) in [5, 5.41) is 5.14. The zero-order chi connectivity index (χ0) is 17.3. The fourth-order valence-corrected chi connectivity index (χ4v) is 3.30. The Morgan fingerprint density at radius 1 is 1.23 bits per heavy atom. The Bertz CT molecular complexity index is 993. The van der Waals surface area contributed by atoms with Gasteiger partial charge in [0.25, 0.3) is 5.89 Å². The molecule has 0 aliphatic carbocycles. The van der Waals surface area contributed by atoms with Gasteiger partial charge >= 0.3 is 0 Å². The number of imidazole rings is 1. The molecule has 4 heterocycles. The van der Waals surface area contributed by atoms with E-state index in [1.165, 1.54) is 0 Å². The highest BCUT2D eigenvalue weighted by molar-refractivity contribution is 5.81. The summed E-state index contributed by atoms with van der Waals surface area (Å²) in [7, 11) is 0. The Hall–Kier alpha value is -2.93. The molecule has 26 heavy (non-hydrogen) atoms. The lowest BCUT2D eigenvalue weighted by Gasteiger charge is -2.04. The molecule has 7 heteroatoms. The van der Waals surface area contributed by atoms with Crippen molar-refractivity contribution < 1.29 is 13.7 Å². The molecule has 0 amide bonds. The summed E-state index contributed by atoms with van der Waals surface area (Å²) in [6, 6.07) is 9.96. The van der Waals surface area contributed by atoms with E-state index >= 15 is 0 Å². The Balaban J connectivity index is 1.33. The Morgan fingerprint density at radius 2 is 2.19 bits per heavy atom. The molecular weight excluding hydrogens is 332 g/mol. The maximum absolute atomic E-state index is 5.93. The summed E-state index contributed by atoms with van der Waals surface area (Å²) in [5.74, 6) is 2.81. The molecular formula is C19H18N4O3. The first kappa shape index (κ1) is 15.3. The van der Waals surface area contributed by atoms with Crippen LogP contribution in [0.1, 0.15) is 30.7 Å². The number of aryl methyl sites for hydroxylation is 2. The van der Waals surface area contributed by atoms with Gasteiger partial charge in [0.05, 0.1) is 0 Å². The van der Waals surface area contributed by atoms with Crippen molar-refractivity contribution in [3.8, 4) is 11.6 Å². The molecule has 1 atom stereocenters. The zero-order valence-electron chi connectivity index (χ0n) is 14.2. The number of aromatic nitrogens is 4. The number of benzene rings is 1. The summed E-state index contributed by atoms with van der Waals surface area (Å²) in [4.78, 5) is 8.92. The van der Waals surface area contributed by atoms with Gasteiger partial charge in [-0.1, -0.05) is 23.4 Å². The van der Waals surface area contributed by atoms with Crippen LogP contribution in [0.3, 0.4) is 0 Å². The monoisotopic (exact) mass is 350 g/mol. The molecule has 0 N–H and O–H groups in total. The molecule has 0 bridgehead atoms. The maximum atomic E-state index is 5.93. The predicted octanol–water partition coefficient (Wildman–Crippen LogP) is 3.77. The van der Waals surface area contributed by atoms with Gasteiger partial charge in [0.1, 0.15) is 11.7 Å². The Morgan fingerprint density at radius 3 is 3.08 bits per heavy atom. The van der Waals surface area contributed by atoms with Crippen LogP contribution < -0.4 is 0 Å². The van der Waals surface area contributed by atoms with E-state index in [0.717, 1.165) is 42.0 Å². The second-order valence-electron chi connectivity index (χ2n) is 6.39. The third-order valence-electron chi connectivity index (χ3n) is 4.63. The summed E-state index contributed by atoms with van der Waals surface area (Å²) < 4.78 is 18.9. The first-order valence-corrected chi connectivity index (χ1v) is 8.81. The summed E-state index contributed by atoms with van der Waals surface area (Å²) in [5.41, 5.74) is 0.858. The number of fused-ring (bicyclic) bond motifs is 1. The molecule has 1 aliphatic heterocycles. The maximum Gasteiger partial charge on any atom is 0.255 e. The number of ether oxygens (including phenoxy) is 1. The topological polar surface area (TPSA) is 79.1 Å². The molecule has 132 valence electrons. The molecule has 5 rings (SSSR count). The van der Waals surface area contributed by atoms with Crippen molar-refractivity contribution >= 4 is 11.0 Å². The minimum Gasteiger partial charge on any atom is -0.453 e. The van der Waals surface area contributed by atoms with Crippen molar-refractivity contribution in [3.05, 3.63) is 54.4 Å². The van der Waals surface area contributed by atoms with Gasteiger partial charge in [0, 0.05) is 37.4 Å². The van der Waals surface area contributed by atoms with Gasteiger partial charge in [-0.2, -0.15) is 4.98 Å². The van der Waals surface area contributed by atoms with Crippen LogP contribution in [0.25, 0.3) is 22.6 Å². The molecule has 0 radical (unpaired) electrons. The standard InChI is InChI=1S/C19H18N4O3/c1-2-5-14-13(4-1)12-16(25-14)18-20-8-10-23(18)9-7-17-21-19(26-22-17)15-6-3-11-24-15/h1-2,4-5,8,10,12,15H,3,6-7,9,11H2/t15-/m1/s1. The van der Waals surface area contributed by atoms with Gasteiger partial charge in [-0.15, -0.1) is 0 Å². The predicted molar refractivity (Wildman–Crippen MR) is 93.4 cm³/mol. The van der Waals surface area contributed by atoms with E-state index in [1.54, 1.807) is 6.20 Å². The molecule has 0 saturated carbocycles. The number of para-hydroxylation sites is 1.